The molecule has 3 saturated heterocycles. The lowest BCUT2D eigenvalue weighted by molar-refractivity contribution is 0.0211. The first-order chi connectivity index (χ1) is 13.7. The van der Waals surface area contributed by atoms with Crippen molar-refractivity contribution in [3.63, 3.8) is 0 Å². The number of furan rings is 1. The molecule has 3 fully saturated rings. The van der Waals surface area contributed by atoms with Gasteiger partial charge in [0.05, 0.1) is 0 Å². The van der Waals surface area contributed by atoms with Gasteiger partial charge < -0.3 is 9.73 Å². The number of rotatable bonds is 4. The Morgan fingerprint density at radius 3 is 2.79 bits per heavy atom. The first kappa shape index (κ1) is 17.6. The number of thiazole rings is 1. The van der Waals surface area contributed by atoms with Crippen LogP contribution in [0.2, 0.25) is 0 Å². The SMILES string of the molecule is C[C@@H]1[C@H](NC(=O)c2ccc(-c3cccc(-c4nccs4)c3)o2)C2CCN1CC2. The summed E-state index contributed by atoms with van der Waals surface area (Å²) in [6.45, 7) is 4.52. The molecule has 0 aliphatic carbocycles. The minimum absolute atomic E-state index is 0.118. The number of carbonyl (C=O) groups is 1. The maximum Gasteiger partial charge on any atom is 0.287 e. The van der Waals surface area contributed by atoms with Crippen LogP contribution in [0.25, 0.3) is 21.9 Å². The summed E-state index contributed by atoms with van der Waals surface area (Å²) in [6.07, 6.45) is 4.14. The summed E-state index contributed by atoms with van der Waals surface area (Å²) in [5.41, 5.74) is 2.00. The molecule has 2 bridgehead atoms. The van der Waals surface area contributed by atoms with Crippen molar-refractivity contribution in [2.24, 2.45) is 5.92 Å². The molecule has 0 unspecified atom stereocenters. The van der Waals surface area contributed by atoms with Crippen LogP contribution in [0.15, 0.2) is 52.4 Å². The van der Waals surface area contributed by atoms with Crippen molar-refractivity contribution in [1.29, 1.82) is 0 Å². The highest BCUT2D eigenvalue weighted by Crippen LogP contribution is 2.33. The van der Waals surface area contributed by atoms with E-state index >= 15 is 0 Å². The van der Waals surface area contributed by atoms with Crippen molar-refractivity contribution < 1.29 is 9.21 Å². The molecular weight excluding hydrogens is 370 g/mol. The zero-order chi connectivity index (χ0) is 19.1. The standard InChI is InChI=1S/C22H23N3O2S/c1-14-20(15-7-10-25(14)11-8-15)24-21(26)19-6-5-18(27-19)16-3-2-4-17(13-16)22-23-9-12-28-22/h2-6,9,12-15,20H,7-8,10-11H2,1H3,(H,24,26)/t14-,20+/m1/s1. The lowest BCUT2D eigenvalue weighted by Crippen LogP contribution is -2.62. The largest absolute Gasteiger partial charge is 0.451 e. The highest BCUT2D eigenvalue weighted by Gasteiger charge is 2.40. The van der Waals surface area contributed by atoms with Crippen molar-refractivity contribution in [3.05, 3.63) is 53.7 Å². The number of nitrogens with zero attached hydrogens (tertiary/aromatic N) is 2. The summed E-state index contributed by atoms with van der Waals surface area (Å²) in [4.78, 5) is 19.6. The van der Waals surface area contributed by atoms with E-state index in [1.807, 2.05) is 29.6 Å². The molecule has 2 aromatic heterocycles. The molecule has 1 N–H and O–H groups in total. The quantitative estimate of drug-likeness (QED) is 0.719. The molecule has 0 saturated carbocycles. The summed E-state index contributed by atoms with van der Waals surface area (Å²) in [7, 11) is 0. The molecule has 5 nitrogen and oxygen atoms in total. The molecule has 0 spiro atoms. The Labute approximate surface area is 168 Å². The predicted molar refractivity (Wildman–Crippen MR) is 110 cm³/mol. The Kier molecular flexibility index (Phi) is 4.53. The molecule has 6 heteroatoms. The van der Waals surface area contributed by atoms with Crippen molar-refractivity contribution in [3.8, 4) is 21.9 Å². The minimum atomic E-state index is -0.118. The van der Waals surface area contributed by atoms with Crippen LogP contribution in [0.4, 0.5) is 0 Å². The highest BCUT2D eigenvalue weighted by atomic mass is 32.1. The summed E-state index contributed by atoms with van der Waals surface area (Å²) >= 11 is 1.61. The van der Waals surface area contributed by atoms with Crippen LogP contribution in [0.1, 0.15) is 30.3 Å². The highest BCUT2D eigenvalue weighted by molar-refractivity contribution is 7.13. The molecule has 5 heterocycles. The van der Waals surface area contributed by atoms with E-state index in [-0.39, 0.29) is 11.9 Å². The van der Waals surface area contributed by atoms with E-state index in [4.69, 9.17) is 4.42 Å². The Morgan fingerprint density at radius 1 is 1.21 bits per heavy atom. The Morgan fingerprint density at radius 2 is 2.04 bits per heavy atom. The third kappa shape index (κ3) is 3.16. The molecule has 3 aliphatic heterocycles. The summed E-state index contributed by atoms with van der Waals surface area (Å²) in [5.74, 6) is 1.53. The van der Waals surface area contributed by atoms with Crippen molar-refractivity contribution >= 4 is 17.2 Å². The van der Waals surface area contributed by atoms with Gasteiger partial charge in [-0.25, -0.2) is 4.98 Å². The monoisotopic (exact) mass is 393 g/mol. The second kappa shape index (κ2) is 7.18. The number of benzene rings is 1. The van der Waals surface area contributed by atoms with Gasteiger partial charge in [0.25, 0.3) is 5.91 Å². The van der Waals surface area contributed by atoms with E-state index in [2.05, 4.69) is 28.2 Å². The second-order valence-corrected chi connectivity index (χ2v) is 8.59. The van der Waals surface area contributed by atoms with Crippen LogP contribution in [-0.2, 0) is 0 Å². The van der Waals surface area contributed by atoms with E-state index in [1.165, 1.54) is 12.8 Å². The molecular formula is C22H23N3O2S. The number of fused-ring (bicyclic) bond motifs is 3. The molecule has 1 aromatic carbocycles. The van der Waals surface area contributed by atoms with Gasteiger partial charge in [-0.05, 0) is 57.0 Å². The Bertz CT molecular complexity index is 971. The number of amides is 1. The fourth-order valence-electron chi connectivity index (χ4n) is 4.55. The van der Waals surface area contributed by atoms with Gasteiger partial charge in [0.15, 0.2) is 5.76 Å². The lowest BCUT2D eigenvalue weighted by atomic mass is 9.79. The molecule has 0 radical (unpaired) electrons. The number of piperidine rings is 3. The first-order valence-corrected chi connectivity index (χ1v) is 10.7. The summed E-state index contributed by atoms with van der Waals surface area (Å²) < 4.78 is 5.92. The van der Waals surface area contributed by atoms with Crippen LogP contribution in [0, 0.1) is 5.92 Å². The number of carbonyl (C=O) groups excluding carboxylic acids is 1. The van der Waals surface area contributed by atoms with Gasteiger partial charge in [-0.1, -0.05) is 18.2 Å². The maximum absolute atomic E-state index is 12.8. The summed E-state index contributed by atoms with van der Waals surface area (Å²) in [5, 5.41) is 6.17. The molecule has 6 rings (SSSR count). The fraction of sp³-hybridized carbons (Fsp3) is 0.364. The molecule has 3 aromatic rings. The average Bonchev–Trinajstić information content (AvgIpc) is 3.43. The van der Waals surface area contributed by atoms with E-state index in [1.54, 1.807) is 23.6 Å². The third-order valence-electron chi connectivity index (χ3n) is 6.13. The topological polar surface area (TPSA) is 58.4 Å². The predicted octanol–water partition coefficient (Wildman–Crippen LogP) is 4.28. The number of hydrogen-bond acceptors (Lipinski definition) is 5. The zero-order valence-corrected chi connectivity index (χ0v) is 16.6. The average molecular weight is 394 g/mol. The number of hydrogen-bond donors (Lipinski definition) is 1. The molecule has 2 atom stereocenters. The van der Waals surface area contributed by atoms with E-state index in [0.717, 1.165) is 29.2 Å². The van der Waals surface area contributed by atoms with Gasteiger partial charge in [0.1, 0.15) is 10.8 Å². The normalized spacial score (nSPS) is 26.3. The minimum Gasteiger partial charge on any atom is -0.451 e. The van der Waals surface area contributed by atoms with E-state index in [0.29, 0.717) is 23.5 Å². The number of nitrogens with one attached hydrogen (secondary N) is 1. The van der Waals surface area contributed by atoms with E-state index in [9.17, 15) is 4.79 Å². The maximum atomic E-state index is 12.8. The van der Waals surface area contributed by atoms with Crippen LogP contribution in [0.5, 0.6) is 0 Å². The summed E-state index contributed by atoms with van der Waals surface area (Å²) in [6, 6.07) is 12.3. The zero-order valence-electron chi connectivity index (χ0n) is 15.8. The van der Waals surface area contributed by atoms with Crippen molar-refractivity contribution in [1.82, 2.24) is 15.2 Å². The van der Waals surface area contributed by atoms with Gasteiger partial charge >= 0.3 is 0 Å². The third-order valence-corrected chi connectivity index (χ3v) is 6.95. The first-order valence-electron chi connectivity index (χ1n) is 9.84. The van der Waals surface area contributed by atoms with Crippen molar-refractivity contribution in [2.45, 2.75) is 31.8 Å². The van der Waals surface area contributed by atoms with Gasteiger partial charge in [0, 0.05) is 34.8 Å². The molecule has 3 aliphatic rings. The van der Waals surface area contributed by atoms with Crippen LogP contribution < -0.4 is 5.32 Å². The van der Waals surface area contributed by atoms with Gasteiger partial charge in [-0.15, -0.1) is 11.3 Å². The van der Waals surface area contributed by atoms with Gasteiger partial charge in [-0.2, -0.15) is 0 Å². The second-order valence-electron chi connectivity index (χ2n) is 7.70. The van der Waals surface area contributed by atoms with Gasteiger partial charge in [-0.3, -0.25) is 9.69 Å². The number of aromatic nitrogens is 1. The fourth-order valence-corrected chi connectivity index (χ4v) is 5.19. The Balaban J connectivity index is 1.34. The van der Waals surface area contributed by atoms with Crippen molar-refractivity contribution in [2.75, 3.05) is 13.1 Å². The Hall–Kier alpha value is -2.44. The smallest absolute Gasteiger partial charge is 0.287 e. The lowest BCUT2D eigenvalue weighted by Gasteiger charge is -2.49. The van der Waals surface area contributed by atoms with Crippen LogP contribution in [0.3, 0.4) is 0 Å². The molecule has 1 amide bonds. The van der Waals surface area contributed by atoms with E-state index < -0.39 is 0 Å². The van der Waals surface area contributed by atoms with Gasteiger partial charge in [0.2, 0.25) is 0 Å². The molecule has 144 valence electrons. The van der Waals surface area contributed by atoms with Crippen LogP contribution >= 0.6 is 11.3 Å². The van der Waals surface area contributed by atoms with Crippen LogP contribution in [-0.4, -0.2) is 41.0 Å². The molecule has 28 heavy (non-hydrogen) atoms.